The maximum atomic E-state index is 12.0. The van der Waals surface area contributed by atoms with Crippen LogP contribution >= 0.6 is 0 Å². The molecule has 2 heterocycles. The molecule has 0 aromatic carbocycles. The van der Waals surface area contributed by atoms with Gasteiger partial charge in [-0.05, 0) is 44.9 Å². The first-order valence-electron chi connectivity index (χ1n) is 10.3. The summed E-state index contributed by atoms with van der Waals surface area (Å²) in [6.07, 6.45) is 12.2. The minimum Gasteiger partial charge on any atom is -0.479 e. The number of carbonyl (C=O) groups is 1. The molecule has 1 N–H and O–H groups in total. The topological polar surface area (TPSA) is 65.0 Å². The highest BCUT2D eigenvalue weighted by atomic mass is 16.6. The molecule has 0 aliphatic carbocycles. The second-order valence-electron chi connectivity index (χ2n) is 7.51. The second kappa shape index (κ2) is 10.5. The normalized spacial score (nSPS) is 29.3. The summed E-state index contributed by atoms with van der Waals surface area (Å²) in [4.78, 5) is 12.0. The molecule has 5 nitrogen and oxygen atoms in total. The van der Waals surface area contributed by atoms with Gasteiger partial charge in [-0.3, -0.25) is 0 Å². The molecule has 5 heteroatoms. The van der Waals surface area contributed by atoms with E-state index in [4.69, 9.17) is 14.2 Å². The maximum absolute atomic E-state index is 12.0. The predicted octanol–water partition coefficient (Wildman–Crippen LogP) is 4.33. The van der Waals surface area contributed by atoms with Crippen molar-refractivity contribution in [3.8, 4) is 0 Å². The number of rotatable bonds is 13. The quantitative estimate of drug-likeness (QED) is 0.498. The van der Waals surface area contributed by atoms with Crippen LogP contribution in [0.15, 0.2) is 0 Å². The van der Waals surface area contributed by atoms with Crippen LogP contribution in [0.25, 0.3) is 0 Å². The molecule has 0 amide bonds. The van der Waals surface area contributed by atoms with Crippen molar-refractivity contribution in [2.75, 3.05) is 26.4 Å². The number of hydrogen-bond acceptors (Lipinski definition) is 4. The zero-order chi connectivity index (χ0) is 18.0. The Bertz CT molecular complexity index is 384. The van der Waals surface area contributed by atoms with E-state index < -0.39 is 17.2 Å². The minimum absolute atomic E-state index is 0.520. The molecular weight excluding hydrogens is 320 g/mol. The molecule has 2 saturated heterocycles. The first kappa shape index (κ1) is 20.7. The van der Waals surface area contributed by atoms with Crippen molar-refractivity contribution < 1.29 is 24.1 Å². The Morgan fingerprint density at radius 2 is 1.64 bits per heavy atom. The van der Waals surface area contributed by atoms with E-state index in [1.165, 1.54) is 32.1 Å². The summed E-state index contributed by atoms with van der Waals surface area (Å²) in [6, 6.07) is 0. The van der Waals surface area contributed by atoms with E-state index in [0.717, 1.165) is 38.7 Å². The molecular formula is C20H36O5. The average Bonchev–Trinajstić information content (AvgIpc) is 3.27. The molecule has 0 bridgehead atoms. The van der Waals surface area contributed by atoms with Crippen molar-refractivity contribution in [2.24, 2.45) is 0 Å². The van der Waals surface area contributed by atoms with Crippen LogP contribution in [0.1, 0.15) is 84.0 Å². The van der Waals surface area contributed by atoms with Crippen LogP contribution in [0.5, 0.6) is 0 Å². The minimum atomic E-state index is -1.15. The van der Waals surface area contributed by atoms with Crippen molar-refractivity contribution in [3.63, 3.8) is 0 Å². The van der Waals surface area contributed by atoms with Crippen molar-refractivity contribution in [2.45, 2.75) is 95.2 Å². The van der Waals surface area contributed by atoms with E-state index >= 15 is 0 Å². The Morgan fingerprint density at radius 3 is 2.28 bits per heavy atom. The fraction of sp³-hybridized carbons (Fsp3) is 0.950. The molecule has 0 saturated carbocycles. The molecule has 0 aromatic rings. The van der Waals surface area contributed by atoms with Crippen molar-refractivity contribution >= 4 is 5.97 Å². The van der Waals surface area contributed by atoms with E-state index in [9.17, 15) is 9.90 Å². The standard InChI is InChI=1S/C20H36O5/c1-2-3-4-5-6-7-14-23-15-8-11-19(12-9-16-24-19)20(18(21)22)13-10-17-25-20/h2-17H2,1H3,(H,21,22)/t19-,20+/m1/s1. The number of carboxylic acid groups (broad SMARTS) is 1. The van der Waals surface area contributed by atoms with Gasteiger partial charge in [0.25, 0.3) is 0 Å². The third-order valence-corrected chi connectivity index (χ3v) is 5.72. The van der Waals surface area contributed by atoms with Crippen LogP contribution < -0.4 is 0 Å². The monoisotopic (exact) mass is 356 g/mol. The van der Waals surface area contributed by atoms with Gasteiger partial charge in [0, 0.05) is 26.4 Å². The van der Waals surface area contributed by atoms with E-state index in [-0.39, 0.29) is 0 Å². The average molecular weight is 357 g/mol. The summed E-state index contributed by atoms with van der Waals surface area (Å²) in [5.74, 6) is -0.861. The fourth-order valence-electron chi connectivity index (χ4n) is 4.32. The summed E-state index contributed by atoms with van der Waals surface area (Å²) in [5.41, 5.74) is -1.82. The van der Waals surface area contributed by atoms with Gasteiger partial charge >= 0.3 is 5.97 Å². The van der Waals surface area contributed by atoms with Crippen molar-refractivity contribution in [1.29, 1.82) is 0 Å². The van der Waals surface area contributed by atoms with Gasteiger partial charge in [-0.1, -0.05) is 39.0 Å². The van der Waals surface area contributed by atoms with Gasteiger partial charge in [0.15, 0.2) is 5.60 Å². The van der Waals surface area contributed by atoms with Crippen LogP contribution in [0, 0.1) is 0 Å². The molecule has 0 radical (unpaired) electrons. The van der Waals surface area contributed by atoms with Crippen LogP contribution in [-0.4, -0.2) is 48.7 Å². The predicted molar refractivity (Wildman–Crippen MR) is 96.9 cm³/mol. The van der Waals surface area contributed by atoms with Gasteiger partial charge in [-0.15, -0.1) is 0 Å². The fourth-order valence-corrected chi connectivity index (χ4v) is 4.32. The highest BCUT2D eigenvalue weighted by molar-refractivity contribution is 5.80. The Hall–Kier alpha value is -0.650. The first-order valence-corrected chi connectivity index (χ1v) is 10.3. The van der Waals surface area contributed by atoms with Gasteiger partial charge in [-0.25, -0.2) is 4.79 Å². The highest BCUT2D eigenvalue weighted by Crippen LogP contribution is 2.47. The lowest BCUT2D eigenvalue weighted by atomic mass is 9.75. The van der Waals surface area contributed by atoms with Crippen LogP contribution in [-0.2, 0) is 19.0 Å². The van der Waals surface area contributed by atoms with Crippen molar-refractivity contribution in [3.05, 3.63) is 0 Å². The molecule has 146 valence electrons. The Kier molecular flexibility index (Phi) is 8.67. The first-order chi connectivity index (χ1) is 12.2. The smallest absolute Gasteiger partial charge is 0.339 e. The van der Waals surface area contributed by atoms with E-state index in [0.29, 0.717) is 32.7 Å². The largest absolute Gasteiger partial charge is 0.479 e. The Balaban J connectivity index is 1.69. The van der Waals surface area contributed by atoms with Gasteiger partial charge in [0.1, 0.15) is 5.60 Å². The zero-order valence-corrected chi connectivity index (χ0v) is 15.9. The van der Waals surface area contributed by atoms with Gasteiger partial charge in [-0.2, -0.15) is 0 Å². The third-order valence-electron chi connectivity index (χ3n) is 5.72. The van der Waals surface area contributed by atoms with E-state index in [1.54, 1.807) is 0 Å². The Morgan fingerprint density at radius 1 is 0.960 bits per heavy atom. The van der Waals surface area contributed by atoms with Gasteiger partial charge in [0.05, 0.1) is 0 Å². The highest BCUT2D eigenvalue weighted by Gasteiger charge is 2.61. The molecule has 2 rings (SSSR count). The number of unbranched alkanes of at least 4 members (excludes halogenated alkanes) is 5. The number of aliphatic carboxylic acids is 1. The van der Waals surface area contributed by atoms with E-state index in [2.05, 4.69) is 6.92 Å². The summed E-state index contributed by atoms with van der Waals surface area (Å²) in [6.45, 7) is 4.87. The van der Waals surface area contributed by atoms with Crippen LogP contribution in [0.2, 0.25) is 0 Å². The lowest BCUT2D eigenvalue weighted by molar-refractivity contribution is -0.201. The summed E-state index contributed by atoms with van der Waals surface area (Å²) in [5, 5.41) is 9.81. The number of ether oxygens (including phenoxy) is 3. The van der Waals surface area contributed by atoms with Gasteiger partial charge < -0.3 is 19.3 Å². The molecule has 2 atom stereocenters. The lowest BCUT2D eigenvalue weighted by Gasteiger charge is -2.41. The molecule has 2 fully saturated rings. The molecule has 2 aliphatic heterocycles. The molecule has 0 spiro atoms. The molecule has 25 heavy (non-hydrogen) atoms. The van der Waals surface area contributed by atoms with E-state index in [1.807, 2.05) is 0 Å². The Labute approximate surface area is 152 Å². The lowest BCUT2D eigenvalue weighted by Crippen LogP contribution is -2.58. The summed E-state index contributed by atoms with van der Waals surface area (Å²) >= 11 is 0. The summed E-state index contributed by atoms with van der Waals surface area (Å²) in [7, 11) is 0. The molecule has 0 unspecified atom stereocenters. The SMILES string of the molecule is CCCCCCCCOCCC[C@]1([C@@]2(C(=O)O)CCCO2)CCCO1. The summed E-state index contributed by atoms with van der Waals surface area (Å²) < 4.78 is 17.5. The van der Waals surface area contributed by atoms with Crippen LogP contribution in [0.3, 0.4) is 0 Å². The third kappa shape index (κ3) is 5.18. The number of hydrogen-bond donors (Lipinski definition) is 1. The number of carboxylic acids is 1. The zero-order valence-electron chi connectivity index (χ0n) is 15.9. The van der Waals surface area contributed by atoms with Gasteiger partial charge in [0.2, 0.25) is 0 Å². The molecule has 0 aromatic heterocycles. The molecule has 2 aliphatic rings. The maximum Gasteiger partial charge on any atom is 0.339 e. The van der Waals surface area contributed by atoms with Crippen LogP contribution in [0.4, 0.5) is 0 Å². The van der Waals surface area contributed by atoms with Crippen molar-refractivity contribution in [1.82, 2.24) is 0 Å². The second-order valence-corrected chi connectivity index (χ2v) is 7.51.